The van der Waals surface area contributed by atoms with Crippen molar-refractivity contribution in [3.8, 4) is 0 Å². The highest BCUT2D eigenvalue weighted by atomic mass is 16.5. The molecule has 0 spiro atoms. The second-order valence-corrected chi connectivity index (χ2v) is 4.16. The predicted molar refractivity (Wildman–Crippen MR) is 69.3 cm³/mol. The van der Waals surface area contributed by atoms with Gasteiger partial charge in [0.2, 0.25) is 0 Å². The van der Waals surface area contributed by atoms with E-state index in [4.69, 9.17) is 4.74 Å². The molecule has 5 nitrogen and oxygen atoms in total. The number of hydrogen-bond acceptors (Lipinski definition) is 5. The molecule has 0 N–H and O–H groups in total. The van der Waals surface area contributed by atoms with Crippen molar-refractivity contribution in [3.05, 3.63) is 30.1 Å². The van der Waals surface area contributed by atoms with Gasteiger partial charge < -0.3 is 9.64 Å². The molecule has 0 aliphatic heterocycles. The van der Waals surface area contributed by atoms with Gasteiger partial charge in [0.25, 0.3) is 0 Å². The number of hydrogen-bond donors (Lipinski definition) is 0. The minimum Gasteiger partial charge on any atom is -0.458 e. The van der Waals surface area contributed by atoms with Gasteiger partial charge in [-0.1, -0.05) is 12.1 Å². The number of para-hydroxylation sites is 1. The highest BCUT2D eigenvalue weighted by Gasteiger charge is 2.09. The quantitative estimate of drug-likeness (QED) is 0.771. The molecule has 94 valence electrons. The zero-order valence-electron chi connectivity index (χ0n) is 10.7. The maximum atomic E-state index is 10.8. The van der Waals surface area contributed by atoms with Crippen LogP contribution in [0, 0.1) is 0 Å². The van der Waals surface area contributed by atoms with Gasteiger partial charge in [0, 0.05) is 26.4 Å². The average Bonchev–Trinajstić information content (AvgIpc) is 2.35. The molecule has 5 heteroatoms. The molecule has 0 saturated carbocycles. The number of carbonyl (C=O) groups excluding carboxylic acids is 1. The first-order chi connectivity index (χ1) is 8.58. The summed E-state index contributed by atoms with van der Waals surface area (Å²) in [6.07, 6.45) is 0. The van der Waals surface area contributed by atoms with E-state index in [1.54, 1.807) is 0 Å². The van der Waals surface area contributed by atoms with Crippen LogP contribution >= 0.6 is 0 Å². The molecule has 1 heterocycles. The topological polar surface area (TPSA) is 55.3 Å². The third-order valence-electron chi connectivity index (χ3n) is 2.46. The van der Waals surface area contributed by atoms with E-state index in [1.165, 1.54) is 6.92 Å². The second kappa shape index (κ2) is 5.00. The third kappa shape index (κ3) is 2.56. The number of nitrogens with zero attached hydrogens (tertiary/aromatic N) is 3. The molecule has 18 heavy (non-hydrogen) atoms. The molecule has 0 amide bonds. The Bertz CT molecular complexity index is 581. The zero-order valence-corrected chi connectivity index (χ0v) is 10.7. The Morgan fingerprint density at radius 3 is 2.67 bits per heavy atom. The SMILES string of the molecule is CC(=O)OCc1nc(N(C)C)c2ccccc2n1. The van der Waals surface area contributed by atoms with Crippen LogP contribution in [0.5, 0.6) is 0 Å². The van der Waals surface area contributed by atoms with Crippen LogP contribution in [0.3, 0.4) is 0 Å². The van der Waals surface area contributed by atoms with Crippen molar-refractivity contribution < 1.29 is 9.53 Å². The third-order valence-corrected chi connectivity index (χ3v) is 2.46. The number of esters is 1. The Labute approximate surface area is 105 Å². The Hall–Kier alpha value is -2.17. The molecule has 0 radical (unpaired) electrons. The van der Waals surface area contributed by atoms with Crippen LogP contribution in [0.15, 0.2) is 24.3 Å². The number of benzene rings is 1. The van der Waals surface area contributed by atoms with Crippen LogP contribution in [0.2, 0.25) is 0 Å². The van der Waals surface area contributed by atoms with E-state index in [1.807, 2.05) is 43.3 Å². The van der Waals surface area contributed by atoms with E-state index in [-0.39, 0.29) is 12.6 Å². The van der Waals surface area contributed by atoms with Crippen molar-refractivity contribution in [1.82, 2.24) is 9.97 Å². The Kier molecular flexibility index (Phi) is 3.41. The van der Waals surface area contributed by atoms with Crippen LogP contribution in [0.4, 0.5) is 5.82 Å². The molecule has 1 aromatic heterocycles. The lowest BCUT2D eigenvalue weighted by molar-refractivity contribution is -0.142. The van der Waals surface area contributed by atoms with E-state index in [0.717, 1.165) is 16.7 Å². The Morgan fingerprint density at radius 1 is 1.28 bits per heavy atom. The maximum Gasteiger partial charge on any atom is 0.303 e. The van der Waals surface area contributed by atoms with Crippen molar-refractivity contribution in [2.75, 3.05) is 19.0 Å². The summed E-state index contributed by atoms with van der Waals surface area (Å²) >= 11 is 0. The number of carbonyl (C=O) groups is 1. The van der Waals surface area contributed by atoms with E-state index >= 15 is 0 Å². The van der Waals surface area contributed by atoms with Crippen molar-refractivity contribution >= 4 is 22.7 Å². The fourth-order valence-corrected chi connectivity index (χ4v) is 1.68. The molecule has 0 aliphatic rings. The summed E-state index contributed by atoms with van der Waals surface area (Å²) in [4.78, 5) is 21.5. The number of anilines is 1. The zero-order chi connectivity index (χ0) is 13.1. The van der Waals surface area contributed by atoms with E-state index in [0.29, 0.717) is 5.82 Å². The van der Waals surface area contributed by atoms with Crippen LogP contribution < -0.4 is 4.90 Å². The molecule has 0 atom stereocenters. The molecular formula is C13H15N3O2. The lowest BCUT2D eigenvalue weighted by Gasteiger charge is -2.15. The highest BCUT2D eigenvalue weighted by Crippen LogP contribution is 2.22. The molecule has 0 aliphatic carbocycles. The highest BCUT2D eigenvalue weighted by molar-refractivity contribution is 5.89. The van der Waals surface area contributed by atoms with Gasteiger partial charge in [0.05, 0.1) is 5.52 Å². The standard InChI is InChI=1S/C13H15N3O2/c1-9(17)18-8-12-14-11-7-5-4-6-10(11)13(15-12)16(2)3/h4-7H,8H2,1-3H3. The van der Waals surface area contributed by atoms with Gasteiger partial charge in [0.1, 0.15) is 5.82 Å². The minimum atomic E-state index is -0.335. The first-order valence-electron chi connectivity index (χ1n) is 5.64. The van der Waals surface area contributed by atoms with E-state index in [9.17, 15) is 4.79 Å². The molecule has 1 aromatic carbocycles. The first kappa shape index (κ1) is 12.3. The molecular weight excluding hydrogens is 230 g/mol. The Balaban J connectivity index is 2.47. The predicted octanol–water partition coefficient (Wildman–Crippen LogP) is 1.76. The minimum absolute atomic E-state index is 0.0982. The van der Waals surface area contributed by atoms with E-state index in [2.05, 4.69) is 9.97 Å². The first-order valence-corrected chi connectivity index (χ1v) is 5.64. The van der Waals surface area contributed by atoms with Crippen molar-refractivity contribution in [3.63, 3.8) is 0 Å². The van der Waals surface area contributed by atoms with E-state index < -0.39 is 0 Å². The summed E-state index contributed by atoms with van der Waals surface area (Å²) in [6, 6.07) is 7.76. The smallest absolute Gasteiger partial charge is 0.303 e. The maximum absolute atomic E-state index is 10.8. The monoisotopic (exact) mass is 245 g/mol. The normalized spacial score (nSPS) is 10.4. The van der Waals surface area contributed by atoms with Crippen LogP contribution in [-0.4, -0.2) is 30.0 Å². The molecule has 0 unspecified atom stereocenters. The fourth-order valence-electron chi connectivity index (χ4n) is 1.68. The molecule has 2 rings (SSSR count). The summed E-state index contributed by atoms with van der Waals surface area (Å²) in [5.41, 5.74) is 0.846. The second-order valence-electron chi connectivity index (χ2n) is 4.16. The van der Waals surface area contributed by atoms with Crippen LogP contribution in [-0.2, 0) is 16.1 Å². The van der Waals surface area contributed by atoms with Gasteiger partial charge in [-0.2, -0.15) is 0 Å². The number of aromatic nitrogens is 2. The van der Waals surface area contributed by atoms with Gasteiger partial charge in [-0.25, -0.2) is 9.97 Å². The lowest BCUT2D eigenvalue weighted by atomic mass is 10.2. The van der Waals surface area contributed by atoms with Crippen LogP contribution in [0.1, 0.15) is 12.7 Å². The van der Waals surface area contributed by atoms with Gasteiger partial charge in [0.15, 0.2) is 12.4 Å². The summed E-state index contributed by atoms with van der Waals surface area (Å²) in [7, 11) is 3.84. The fraction of sp³-hybridized carbons (Fsp3) is 0.308. The molecule has 2 aromatic rings. The van der Waals surface area contributed by atoms with Crippen LogP contribution in [0.25, 0.3) is 10.9 Å². The molecule has 0 saturated heterocycles. The van der Waals surface area contributed by atoms with Gasteiger partial charge in [-0.3, -0.25) is 4.79 Å². The largest absolute Gasteiger partial charge is 0.458 e. The number of fused-ring (bicyclic) bond motifs is 1. The Morgan fingerprint density at radius 2 is 2.00 bits per heavy atom. The van der Waals surface area contributed by atoms with Gasteiger partial charge in [-0.15, -0.1) is 0 Å². The number of ether oxygens (including phenoxy) is 1. The van der Waals surface area contributed by atoms with Gasteiger partial charge >= 0.3 is 5.97 Å². The summed E-state index contributed by atoms with van der Waals surface area (Å²) in [6.45, 7) is 1.47. The number of rotatable bonds is 3. The summed E-state index contributed by atoms with van der Waals surface area (Å²) in [5, 5.41) is 0.981. The van der Waals surface area contributed by atoms with Crippen molar-refractivity contribution in [2.24, 2.45) is 0 Å². The van der Waals surface area contributed by atoms with Crippen molar-refractivity contribution in [1.29, 1.82) is 0 Å². The lowest BCUT2D eigenvalue weighted by Crippen LogP contribution is -2.14. The molecule has 0 fully saturated rings. The molecule has 0 bridgehead atoms. The van der Waals surface area contributed by atoms with Crippen molar-refractivity contribution in [2.45, 2.75) is 13.5 Å². The summed E-state index contributed by atoms with van der Waals surface area (Å²) < 4.78 is 4.93. The average molecular weight is 245 g/mol. The van der Waals surface area contributed by atoms with Gasteiger partial charge in [-0.05, 0) is 12.1 Å². The summed E-state index contributed by atoms with van der Waals surface area (Å²) in [5.74, 6) is 0.994.